The van der Waals surface area contributed by atoms with E-state index in [2.05, 4.69) is 42.4 Å². The Bertz CT molecular complexity index is 885. The first-order chi connectivity index (χ1) is 11.6. The van der Waals surface area contributed by atoms with Crippen molar-refractivity contribution in [2.75, 3.05) is 0 Å². The van der Waals surface area contributed by atoms with E-state index in [0.29, 0.717) is 5.56 Å². The predicted octanol–water partition coefficient (Wildman–Crippen LogP) is 4.77. The molecule has 0 spiro atoms. The number of halogens is 2. The third kappa shape index (κ3) is 4.01. The van der Waals surface area contributed by atoms with Gasteiger partial charge < -0.3 is 4.57 Å². The van der Waals surface area contributed by atoms with Crippen LogP contribution in [0.1, 0.15) is 16.1 Å². The Kier molecular flexibility index (Phi) is 5.27. The van der Waals surface area contributed by atoms with Crippen LogP contribution in [0.15, 0.2) is 80.9 Å². The second-order valence-electron chi connectivity index (χ2n) is 4.99. The van der Waals surface area contributed by atoms with Gasteiger partial charge in [0.15, 0.2) is 0 Å². The molecule has 0 atom stereocenters. The fourth-order valence-electron chi connectivity index (χ4n) is 2.19. The van der Waals surface area contributed by atoms with Crippen LogP contribution in [0.25, 0.3) is 5.69 Å². The van der Waals surface area contributed by atoms with Gasteiger partial charge in [-0.2, -0.15) is 5.10 Å². The number of hydrogen-bond donors (Lipinski definition) is 1. The van der Waals surface area contributed by atoms with E-state index >= 15 is 0 Å². The van der Waals surface area contributed by atoms with E-state index in [9.17, 15) is 4.79 Å². The summed E-state index contributed by atoms with van der Waals surface area (Å²) in [6.45, 7) is 0. The smallest absolute Gasteiger partial charge is 0.271 e. The Morgan fingerprint density at radius 1 is 1.00 bits per heavy atom. The van der Waals surface area contributed by atoms with Gasteiger partial charge in [0.05, 0.1) is 11.9 Å². The first-order valence-corrected chi connectivity index (χ1v) is 8.74. The molecule has 6 heteroatoms. The zero-order chi connectivity index (χ0) is 16.9. The van der Waals surface area contributed by atoms with Gasteiger partial charge >= 0.3 is 0 Å². The fraction of sp³-hybridized carbons (Fsp3) is 0. The molecule has 120 valence electrons. The van der Waals surface area contributed by atoms with Crippen LogP contribution < -0.4 is 5.43 Å². The molecule has 1 aromatic heterocycles. The lowest BCUT2D eigenvalue weighted by molar-refractivity contribution is 0.0955. The monoisotopic (exact) mass is 445 g/mol. The second-order valence-corrected chi connectivity index (χ2v) is 6.82. The summed E-state index contributed by atoms with van der Waals surface area (Å²) in [4.78, 5) is 12.1. The number of carbonyl (C=O) groups excluding carboxylic acids is 1. The van der Waals surface area contributed by atoms with Crippen molar-refractivity contribution in [3.63, 3.8) is 0 Å². The maximum atomic E-state index is 12.1. The van der Waals surface area contributed by atoms with Gasteiger partial charge in [0, 0.05) is 26.4 Å². The van der Waals surface area contributed by atoms with Crippen molar-refractivity contribution < 1.29 is 4.79 Å². The van der Waals surface area contributed by atoms with Crippen molar-refractivity contribution in [1.29, 1.82) is 0 Å². The standard InChI is InChI=1S/C18H13Br2N3O/c19-14-6-8-16(9-7-14)23-10-2-5-17(23)12-21-22-18(24)13-3-1-4-15(20)11-13/h1-12H,(H,22,24)/b21-12-. The zero-order valence-corrected chi connectivity index (χ0v) is 15.7. The molecule has 0 aliphatic heterocycles. The molecule has 0 saturated heterocycles. The maximum absolute atomic E-state index is 12.1. The fourth-order valence-corrected chi connectivity index (χ4v) is 2.85. The maximum Gasteiger partial charge on any atom is 0.271 e. The SMILES string of the molecule is O=C(N/N=C\c1cccn1-c1ccc(Br)cc1)c1cccc(Br)c1. The number of benzene rings is 2. The van der Waals surface area contributed by atoms with E-state index in [1.54, 1.807) is 24.4 Å². The summed E-state index contributed by atoms with van der Waals surface area (Å²) in [6, 6.07) is 19.0. The normalized spacial score (nSPS) is 10.9. The second kappa shape index (κ2) is 7.59. The molecule has 2 aromatic carbocycles. The third-order valence-electron chi connectivity index (χ3n) is 3.33. The van der Waals surface area contributed by atoms with Crippen LogP contribution in [0.2, 0.25) is 0 Å². The molecule has 0 unspecified atom stereocenters. The highest BCUT2D eigenvalue weighted by molar-refractivity contribution is 9.10. The minimum absolute atomic E-state index is 0.255. The largest absolute Gasteiger partial charge is 0.316 e. The molecular weight excluding hydrogens is 434 g/mol. The minimum Gasteiger partial charge on any atom is -0.316 e. The molecule has 0 radical (unpaired) electrons. The molecule has 0 fully saturated rings. The van der Waals surface area contributed by atoms with Gasteiger partial charge in [-0.1, -0.05) is 37.9 Å². The Morgan fingerprint density at radius 2 is 1.79 bits per heavy atom. The van der Waals surface area contributed by atoms with E-state index in [1.807, 2.05) is 53.2 Å². The molecule has 0 aliphatic carbocycles. The van der Waals surface area contributed by atoms with E-state index < -0.39 is 0 Å². The summed E-state index contributed by atoms with van der Waals surface area (Å²) in [5, 5.41) is 4.05. The number of nitrogens with zero attached hydrogens (tertiary/aromatic N) is 2. The van der Waals surface area contributed by atoms with Gasteiger partial charge in [0.25, 0.3) is 5.91 Å². The number of hydrogen-bond acceptors (Lipinski definition) is 2. The molecule has 24 heavy (non-hydrogen) atoms. The Balaban J connectivity index is 1.73. The Hall–Kier alpha value is -2.18. The van der Waals surface area contributed by atoms with Crippen molar-refractivity contribution in [2.45, 2.75) is 0 Å². The van der Waals surface area contributed by atoms with Gasteiger partial charge in [-0.3, -0.25) is 4.79 Å². The van der Waals surface area contributed by atoms with Crippen LogP contribution in [0.4, 0.5) is 0 Å². The number of amides is 1. The van der Waals surface area contributed by atoms with Crippen LogP contribution in [-0.2, 0) is 0 Å². The number of hydrazone groups is 1. The van der Waals surface area contributed by atoms with Gasteiger partial charge in [0.2, 0.25) is 0 Å². The van der Waals surface area contributed by atoms with E-state index in [-0.39, 0.29) is 5.91 Å². The summed E-state index contributed by atoms with van der Waals surface area (Å²) in [5.41, 5.74) is 4.97. The van der Waals surface area contributed by atoms with Crippen molar-refractivity contribution in [3.8, 4) is 5.69 Å². The molecule has 0 bridgehead atoms. The number of rotatable bonds is 4. The van der Waals surface area contributed by atoms with Crippen molar-refractivity contribution in [2.24, 2.45) is 5.10 Å². The van der Waals surface area contributed by atoms with Crippen molar-refractivity contribution in [1.82, 2.24) is 9.99 Å². The van der Waals surface area contributed by atoms with Gasteiger partial charge in [-0.15, -0.1) is 0 Å². The van der Waals surface area contributed by atoms with Gasteiger partial charge in [0.1, 0.15) is 0 Å². The Morgan fingerprint density at radius 3 is 2.54 bits per heavy atom. The average molecular weight is 447 g/mol. The lowest BCUT2D eigenvalue weighted by Gasteiger charge is -2.06. The predicted molar refractivity (Wildman–Crippen MR) is 103 cm³/mol. The van der Waals surface area contributed by atoms with Crippen molar-refractivity contribution in [3.05, 3.63) is 87.1 Å². The van der Waals surface area contributed by atoms with E-state index in [1.165, 1.54) is 0 Å². The molecule has 0 saturated carbocycles. The van der Waals surface area contributed by atoms with Gasteiger partial charge in [-0.25, -0.2) is 5.43 Å². The molecule has 1 heterocycles. The molecule has 0 aliphatic rings. The summed E-state index contributed by atoms with van der Waals surface area (Å²) >= 11 is 6.77. The topological polar surface area (TPSA) is 46.4 Å². The summed E-state index contributed by atoms with van der Waals surface area (Å²) in [5.74, 6) is -0.255. The first kappa shape index (κ1) is 16.7. The summed E-state index contributed by atoms with van der Waals surface area (Å²) in [7, 11) is 0. The minimum atomic E-state index is -0.255. The van der Waals surface area contributed by atoms with Crippen molar-refractivity contribution >= 4 is 44.0 Å². The highest BCUT2D eigenvalue weighted by atomic mass is 79.9. The molecule has 1 amide bonds. The summed E-state index contributed by atoms with van der Waals surface area (Å²) in [6.07, 6.45) is 3.57. The highest BCUT2D eigenvalue weighted by Gasteiger charge is 2.05. The average Bonchev–Trinajstić information content (AvgIpc) is 3.04. The molecular formula is C18H13Br2N3O. The zero-order valence-electron chi connectivity index (χ0n) is 12.5. The number of carbonyl (C=O) groups is 1. The summed E-state index contributed by atoms with van der Waals surface area (Å²) < 4.78 is 3.86. The first-order valence-electron chi connectivity index (χ1n) is 7.16. The molecule has 3 rings (SSSR count). The van der Waals surface area contributed by atoms with Crippen LogP contribution in [-0.4, -0.2) is 16.7 Å². The quantitative estimate of drug-likeness (QED) is 0.455. The van der Waals surface area contributed by atoms with Gasteiger partial charge in [-0.05, 0) is 54.6 Å². The number of nitrogens with one attached hydrogen (secondary N) is 1. The number of aromatic nitrogens is 1. The highest BCUT2D eigenvalue weighted by Crippen LogP contribution is 2.16. The Labute approximate surface area is 156 Å². The lowest BCUT2D eigenvalue weighted by Crippen LogP contribution is -2.17. The molecule has 3 aromatic rings. The third-order valence-corrected chi connectivity index (χ3v) is 4.36. The molecule has 1 N–H and O–H groups in total. The van der Waals surface area contributed by atoms with E-state index in [4.69, 9.17) is 0 Å². The van der Waals surface area contributed by atoms with Crippen LogP contribution in [0.3, 0.4) is 0 Å². The lowest BCUT2D eigenvalue weighted by atomic mass is 10.2. The van der Waals surface area contributed by atoms with Crippen LogP contribution in [0, 0.1) is 0 Å². The van der Waals surface area contributed by atoms with Crippen LogP contribution >= 0.6 is 31.9 Å². The van der Waals surface area contributed by atoms with Crippen LogP contribution in [0.5, 0.6) is 0 Å². The molecule has 4 nitrogen and oxygen atoms in total. The van der Waals surface area contributed by atoms with E-state index in [0.717, 1.165) is 20.3 Å².